The SMILES string of the molecule is CCn1ncc(Br)c1CN(C)C(=O)c1ccc(COc2ccc(F)cc2)o1. The van der Waals surface area contributed by atoms with Crippen LogP contribution in [0.3, 0.4) is 0 Å². The highest BCUT2D eigenvalue weighted by atomic mass is 79.9. The van der Waals surface area contributed by atoms with Gasteiger partial charge in [0.1, 0.15) is 23.9 Å². The van der Waals surface area contributed by atoms with Crippen molar-refractivity contribution in [1.29, 1.82) is 0 Å². The van der Waals surface area contributed by atoms with E-state index in [4.69, 9.17) is 9.15 Å². The van der Waals surface area contributed by atoms with Gasteiger partial charge in [-0.1, -0.05) is 0 Å². The maximum Gasteiger partial charge on any atom is 0.289 e. The monoisotopic (exact) mass is 435 g/mol. The Hall–Kier alpha value is -2.61. The Morgan fingerprint density at radius 1 is 1.30 bits per heavy atom. The Morgan fingerprint density at radius 2 is 2.04 bits per heavy atom. The van der Waals surface area contributed by atoms with Gasteiger partial charge in [-0.15, -0.1) is 0 Å². The molecule has 2 aromatic heterocycles. The average Bonchev–Trinajstić information content (AvgIpc) is 3.28. The highest BCUT2D eigenvalue weighted by molar-refractivity contribution is 9.10. The first-order chi connectivity index (χ1) is 13.0. The smallest absolute Gasteiger partial charge is 0.289 e. The summed E-state index contributed by atoms with van der Waals surface area (Å²) >= 11 is 3.46. The molecule has 0 fully saturated rings. The summed E-state index contributed by atoms with van der Waals surface area (Å²) in [6, 6.07) is 9.02. The Morgan fingerprint density at radius 3 is 2.74 bits per heavy atom. The number of hydrogen-bond acceptors (Lipinski definition) is 4. The lowest BCUT2D eigenvalue weighted by atomic mass is 10.3. The third-order valence-electron chi connectivity index (χ3n) is 4.00. The predicted octanol–water partition coefficient (Wildman–Crippen LogP) is 4.25. The fourth-order valence-corrected chi connectivity index (χ4v) is 2.98. The van der Waals surface area contributed by atoms with E-state index in [9.17, 15) is 9.18 Å². The van der Waals surface area contributed by atoms with Crippen LogP contribution in [0.4, 0.5) is 4.39 Å². The quantitative estimate of drug-likeness (QED) is 0.556. The van der Waals surface area contributed by atoms with Crippen LogP contribution in [-0.2, 0) is 19.7 Å². The van der Waals surface area contributed by atoms with E-state index < -0.39 is 0 Å². The summed E-state index contributed by atoms with van der Waals surface area (Å²) in [5, 5.41) is 4.25. The minimum atomic E-state index is -0.327. The number of nitrogens with zero attached hydrogens (tertiary/aromatic N) is 3. The minimum absolute atomic E-state index is 0.150. The van der Waals surface area contributed by atoms with Crippen LogP contribution in [-0.4, -0.2) is 27.6 Å². The number of aromatic nitrogens is 2. The van der Waals surface area contributed by atoms with Crippen LogP contribution in [0.25, 0.3) is 0 Å². The summed E-state index contributed by atoms with van der Waals surface area (Å²) < 4.78 is 26.7. The molecular weight excluding hydrogens is 417 g/mol. The molecule has 0 aliphatic heterocycles. The zero-order valence-electron chi connectivity index (χ0n) is 15.0. The van der Waals surface area contributed by atoms with Crippen molar-refractivity contribution in [2.24, 2.45) is 0 Å². The second kappa shape index (κ2) is 8.39. The summed E-state index contributed by atoms with van der Waals surface area (Å²) in [5.74, 6) is 0.700. The highest BCUT2D eigenvalue weighted by Gasteiger charge is 2.19. The molecule has 0 bridgehead atoms. The number of aryl methyl sites for hydroxylation is 1. The van der Waals surface area contributed by atoms with Crippen molar-refractivity contribution in [2.75, 3.05) is 7.05 Å². The van der Waals surface area contributed by atoms with Gasteiger partial charge in [0.2, 0.25) is 0 Å². The molecule has 8 heteroatoms. The van der Waals surface area contributed by atoms with Crippen LogP contribution < -0.4 is 4.74 Å². The van der Waals surface area contributed by atoms with Gasteiger partial charge in [0.15, 0.2) is 5.76 Å². The first kappa shape index (κ1) is 19.2. The van der Waals surface area contributed by atoms with Crippen molar-refractivity contribution in [3.05, 3.63) is 70.1 Å². The van der Waals surface area contributed by atoms with Crippen LogP contribution in [0.5, 0.6) is 5.75 Å². The second-order valence-electron chi connectivity index (χ2n) is 5.92. The number of rotatable bonds is 7. The Balaban J connectivity index is 1.62. The van der Waals surface area contributed by atoms with Crippen LogP contribution >= 0.6 is 15.9 Å². The Labute approximate surface area is 164 Å². The summed E-state index contributed by atoms with van der Waals surface area (Å²) in [6.07, 6.45) is 1.72. The van der Waals surface area contributed by atoms with Crippen LogP contribution in [0, 0.1) is 5.82 Å². The van der Waals surface area contributed by atoms with Crippen LogP contribution in [0.1, 0.15) is 28.9 Å². The van der Waals surface area contributed by atoms with Gasteiger partial charge >= 0.3 is 0 Å². The lowest BCUT2D eigenvalue weighted by Crippen LogP contribution is -2.27. The molecule has 1 aromatic carbocycles. The molecule has 0 N–H and O–H groups in total. The topological polar surface area (TPSA) is 60.5 Å². The summed E-state index contributed by atoms with van der Waals surface area (Å²) in [5.41, 5.74) is 0.916. The molecule has 0 aliphatic rings. The first-order valence-electron chi connectivity index (χ1n) is 8.40. The number of amides is 1. The molecule has 3 aromatic rings. The molecule has 0 radical (unpaired) electrons. The highest BCUT2D eigenvalue weighted by Crippen LogP contribution is 2.20. The molecule has 2 heterocycles. The van der Waals surface area contributed by atoms with Gasteiger partial charge < -0.3 is 14.1 Å². The van der Waals surface area contributed by atoms with Gasteiger partial charge in [-0.05, 0) is 59.3 Å². The maximum absolute atomic E-state index is 12.9. The second-order valence-corrected chi connectivity index (χ2v) is 6.78. The fourth-order valence-electron chi connectivity index (χ4n) is 2.56. The lowest BCUT2D eigenvalue weighted by molar-refractivity contribution is 0.0745. The van der Waals surface area contributed by atoms with Gasteiger partial charge in [0.25, 0.3) is 5.91 Å². The van der Waals surface area contributed by atoms with E-state index in [1.807, 2.05) is 11.6 Å². The predicted molar refractivity (Wildman–Crippen MR) is 101 cm³/mol. The molecule has 0 unspecified atom stereocenters. The summed E-state index contributed by atoms with van der Waals surface area (Å²) in [6.45, 7) is 3.26. The molecule has 0 saturated heterocycles. The van der Waals surface area contributed by atoms with Crippen molar-refractivity contribution in [3.63, 3.8) is 0 Å². The summed E-state index contributed by atoms with van der Waals surface area (Å²) in [4.78, 5) is 14.2. The van der Waals surface area contributed by atoms with Crippen molar-refractivity contribution >= 4 is 21.8 Å². The number of carbonyl (C=O) groups excluding carboxylic acids is 1. The first-order valence-corrected chi connectivity index (χ1v) is 9.20. The maximum atomic E-state index is 12.9. The van der Waals surface area contributed by atoms with Gasteiger partial charge in [-0.3, -0.25) is 9.48 Å². The summed E-state index contributed by atoms with van der Waals surface area (Å²) in [7, 11) is 1.71. The number of hydrogen-bond donors (Lipinski definition) is 0. The lowest BCUT2D eigenvalue weighted by Gasteiger charge is -2.17. The Bertz CT molecular complexity index is 921. The molecule has 3 rings (SSSR count). The molecule has 142 valence electrons. The standard InChI is InChI=1S/C19H19BrFN3O3/c1-3-24-17(16(20)10-22-24)11-23(2)19(25)18-9-8-15(27-18)12-26-14-6-4-13(21)5-7-14/h4-10H,3,11-12H2,1-2H3. The van der Waals surface area contributed by atoms with Crippen LogP contribution in [0.15, 0.2) is 51.5 Å². The van der Waals surface area contributed by atoms with Gasteiger partial charge in [-0.2, -0.15) is 5.10 Å². The largest absolute Gasteiger partial charge is 0.486 e. The molecule has 27 heavy (non-hydrogen) atoms. The zero-order chi connectivity index (χ0) is 19.4. The number of benzene rings is 1. The van der Waals surface area contributed by atoms with Crippen LogP contribution in [0.2, 0.25) is 0 Å². The van der Waals surface area contributed by atoms with E-state index >= 15 is 0 Å². The number of halogens is 2. The normalized spacial score (nSPS) is 10.8. The molecule has 1 amide bonds. The molecule has 6 nitrogen and oxygen atoms in total. The van der Waals surface area contributed by atoms with E-state index in [-0.39, 0.29) is 24.1 Å². The number of ether oxygens (including phenoxy) is 1. The van der Waals surface area contributed by atoms with E-state index in [0.717, 1.165) is 10.2 Å². The van der Waals surface area contributed by atoms with Crippen molar-refractivity contribution in [2.45, 2.75) is 26.6 Å². The Kier molecular flexibility index (Phi) is 5.95. The van der Waals surface area contributed by atoms with Crippen molar-refractivity contribution < 1.29 is 18.3 Å². The van der Waals surface area contributed by atoms with E-state index in [1.165, 1.54) is 24.3 Å². The molecule has 0 spiro atoms. The third-order valence-corrected chi connectivity index (χ3v) is 4.66. The molecule has 0 saturated carbocycles. The minimum Gasteiger partial charge on any atom is -0.486 e. The van der Waals surface area contributed by atoms with Crippen molar-refractivity contribution in [1.82, 2.24) is 14.7 Å². The van der Waals surface area contributed by atoms with Gasteiger partial charge in [-0.25, -0.2) is 4.39 Å². The molecular formula is C19H19BrFN3O3. The zero-order valence-corrected chi connectivity index (χ0v) is 16.6. The molecule has 0 aliphatic carbocycles. The van der Waals surface area contributed by atoms with Gasteiger partial charge in [0, 0.05) is 13.6 Å². The van der Waals surface area contributed by atoms with E-state index in [1.54, 1.807) is 30.3 Å². The van der Waals surface area contributed by atoms with E-state index in [2.05, 4.69) is 21.0 Å². The van der Waals surface area contributed by atoms with Crippen molar-refractivity contribution in [3.8, 4) is 5.75 Å². The fraction of sp³-hybridized carbons (Fsp3) is 0.263. The number of carbonyl (C=O) groups is 1. The molecule has 0 atom stereocenters. The average molecular weight is 436 g/mol. The third kappa shape index (κ3) is 4.57. The van der Waals surface area contributed by atoms with E-state index in [0.29, 0.717) is 24.6 Å². The van der Waals surface area contributed by atoms with Gasteiger partial charge in [0.05, 0.1) is 22.9 Å². The number of furan rings is 1.